The summed E-state index contributed by atoms with van der Waals surface area (Å²) in [6, 6.07) is 6.35. The maximum absolute atomic E-state index is 13.5. The van der Waals surface area contributed by atoms with E-state index in [0.717, 1.165) is 18.9 Å². The van der Waals surface area contributed by atoms with Gasteiger partial charge < -0.3 is 10.2 Å². The highest BCUT2D eigenvalue weighted by Crippen LogP contribution is 2.25. The fourth-order valence-corrected chi connectivity index (χ4v) is 1.69. The van der Waals surface area contributed by atoms with E-state index in [9.17, 15) is 9.18 Å². The molecule has 0 heterocycles. The molecule has 0 atom stereocenters. The fourth-order valence-electron chi connectivity index (χ4n) is 1.69. The molecule has 0 bridgehead atoms. The lowest BCUT2D eigenvalue weighted by atomic mass is 10.2. The lowest BCUT2D eigenvalue weighted by molar-refractivity contribution is -0.128. The number of hydrogen-bond acceptors (Lipinski definition) is 3. The second-order valence-corrected chi connectivity index (χ2v) is 4.40. The number of nitrogens with zero attached hydrogens (tertiary/aromatic N) is 2. The predicted molar refractivity (Wildman–Crippen MR) is 65.4 cm³/mol. The Morgan fingerprint density at radius 2 is 2.33 bits per heavy atom. The molecule has 1 N–H and O–H groups in total. The van der Waals surface area contributed by atoms with E-state index in [4.69, 9.17) is 5.26 Å². The summed E-state index contributed by atoms with van der Waals surface area (Å²) in [7, 11) is 1.76. The van der Waals surface area contributed by atoms with Crippen LogP contribution in [-0.2, 0) is 4.79 Å². The summed E-state index contributed by atoms with van der Waals surface area (Å²) in [5.74, 6) is -0.572. The largest absolute Gasteiger partial charge is 0.374 e. The Morgan fingerprint density at radius 3 is 2.89 bits per heavy atom. The van der Waals surface area contributed by atoms with E-state index < -0.39 is 5.82 Å². The minimum Gasteiger partial charge on any atom is -0.374 e. The highest BCUT2D eigenvalue weighted by atomic mass is 19.1. The van der Waals surface area contributed by atoms with Crippen LogP contribution in [0.15, 0.2) is 18.2 Å². The van der Waals surface area contributed by atoms with Gasteiger partial charge in [-0.3, -0.25) is 4.79 Å². The number of nitrogens with one attached hydrogen (secondary N) is 1. The summed E-state index contributed by atoms with van der Waals surface area (Å²) >= 11 is 0. The van der Waals surface area contributed by atoms with Crippen molar-refractivity contribution in [3.63, 3.8) is 0 Å². The topological polar surface area (TPSA) is 56.1 Å². The monoisotopic (exact) mass is 247 g/mol. The van der Waals surface area contributed by atoms with Gasteiger partial charge in [-0.25, -0.2) is 4.39 Å². The Balaban J connectivity index is 1.93. The lowest BCUT2D eigenvalue weighted by Crippen LogP contribution is -2.33. The molecule has 1 amide bonds. The molecule has 2 rings (SSSR count). The van der Waals surface area contributed by atoms with E-state index in [1.807, 2.05) is 6.07 Å². The molecule has 0 unspecified atom stereocenters. The van der Waals surface area contributed by atoms with Crippen LogP contribution in [0.3, 0.4) is 0 Å². The first-order valence-electron chi connectivity index (χ1n) is 5.81. The van der Waals surface area contributed by atoms with Gasteiger partial charge in [0, 0.05) is 13.1 Å². The van der Waals surface area contributed by atoms with E-state index in [0.29, 0.717) is 6.04 Å². The van der Waals surface area contributed by atoms with Crippen molar-refractivity contribution in [2.75, 3.05) is 18.9 Å². The molecule has 1 aliphatic rings. The number of carbonyl (C=O) groups excluding carboxylic acids is 1. The first kappa shape index (κ1) is 12.4. The van der Waals surface area contributed by atoms with Crippen LogP contribution in [0.5, 0.6) is 0 Å². The van der Waals surface area contributed by atoms with Crippen molar-refractivity contribution in [3.05, 3.63) is 29.6 Å². The van der Waals surface area contributed by atoms with Crippen molar-refractivity contribution in [2.24, 2.45) is 0 Å². The van der Waals surface area contributed by atoms with E-state index in [1.165, 1.54) is 12.1 Å². The van der Waals surface area contributed by atoms with Crippen molar-refractivity contribution in [2.45, 2.75) is 18.9 Å². The maximum atomic E-state index is 13.5. The standard InChI is InChI=1S/C13H14FN3O/c1-17(10-3-4-10)13(18)8-16-12-5-2-9(7-15)6-11(12)14/h2,5-6,10,16H,3-4,8H2,1H3. The summed E-state index contributed by atoms with van der Waals surface area (Å²) < 4.78 is 13.5. The van der Waals surface area contributed by atoms with Crippen LogP contribution in [0.25, 0.3) is 0 Å². The van der Waals surface area contributed by atoms with Gasteiger partial charge in [-0.1, -0.05) is 0 Å². The van der Waals surface area contributed by atoms with Crippen LogP contribution in [0.2, 0.25) is 0 Å². The molecule has 1 aromatic carbocycles. The van der Waals surface area contributed by atoms with Gasteiger partial charge in [-0.05, 0) is 31.0 Å². The second kappa shape index (κ2) is 5.05. The third-order valence-corrected chi connectivity index (χ3v) is 3.02. The number of benzene rings is 1. The van der Waals surface area contributed by atoms with Crippen LogP contribution in [0.4, 0.5) is 10.1 Å². The Hall–Kier alpha value is -2.09. The molecule has 1 fully saturated rings. The molecule has 1 saturated carbocycles. The Morgan fingerprint density at radius 1 is 1.61 bits per heavy atom. The molecule has 5 heteroatoms. The Bertz CT molecular complexity index is 505. The van der Waals surface area contributed by atoms with Crippen LogP contribution in [0, 0.1) is 17.1 Å². The van der Waals surface area contributed by atoms with Gasteiger partial charge in [0.2, 0.25) is 5.91 Å². The average Bonchev–Trinajstić information content (AvgIpc) is 3.20. The molecule has 0 radical (unpaired) electrons. The number of rotatable bonds is 4. The quantitative estimate of drug-likeness (QED) is 0.881. The highest BCUT2D eigenvalue weighted by molar-refractivity contribution is 5.81. The normalized spacial score (nSPS) is 13.8. The van der Waals surface area contributed by atoms with Crippen molar-refractivity contribution >= 4 is 11.6 Å². The smallest absolute Gasteiger partial charge is 0.241 e. The molecule has 0 aromatic heterocycles. The van der Waals surface area contributed by atoms with E-state index in [2.05, 4.69) is 5.32 Å². The summed E-state index contributed by atoms with van der Waals surface area (Å²) in [4.78, 5) is 13.4. The molecule has 94 valence electrons. The SMILES string of the molecule is CN(C(=O)CNc1ccc(C#N)cc1F)C1CC1. The Labute approximate surface area is 105 Å². The minimum atomic E-state index is -0.518. The van der Waals surface area contributed by atoms with Crippen LogP contribution in [-0.4, -0.2) is 30.4 Å². The number of likely N-dealkylation sites (N-methyl/N-ethyl adjacent to an activating group) is 1. The maximum Gasteiger partial charge on any atom is 0.241 e. The fraction of sp³-hybridized carbons (Fsp3) is 0.385. The van der Waals surface area contributed by atoms with E-state index in [-0.39, 0.29) is 23.7 Å². The van der Waals surface area contributed by atoms with Crippen molar-refractivity contribution in [1.82, 2.24) is 4.90 Å². The van der Waals surface area contributed by atoms with Gasteiger partial charge >= 0.3 is 0 Å². The molecule has 4 nitrogen and oxygen atoms in total. The zero-order valence-electron chi connectivity index (χ0n) is 10.1. The summed E-state index contributed by atoms with van der Waals surface area (Å²) in [5, 5.41) is 11.4. The van der Waals surface area contributed by atoms with Crippen molar-refractivity contribution in [1.29, 1.82) is 5.26 Å². The van der Waals surface area contributed by atoms with Gasteiger partial charge in [-0.15, -0.1) is 0 Å². The molecule has 0 saturated heterocycles. The number of amides is 1. The van der Waals surface area contributed by atoms with Crippen LogP contribution >= 0.6 is 0 Å². The molecule has 18 heavy (non-hydrogen) atoms. The average molecular weight is 247 g/mol. The number of anilines is 1. The molecule has 0 aliphatic heterocycles. The predicted octanol–water partition coefficient (Wildman–Crippen LogP) is 1.73. The van der Waals surface area contributed by atoms with Crippen LogP contribution in [0.1, 0.15) is 18.4 Å². The van der Waals surface area contributed by atoms with E-state index in [1.54, 1.807) is 11.9 Å². The van der Waals surface area contributed by atoms with Gasteiger partial charge in [0.1, 0.15) is 5.82 Å². The number of hydrogen-bond donors (Lipinski definition) is 1. The third-order valence-electron chi connectivity index (χ3n) is 3.02. The molecular formula is C13H14FN3O. The lowest BCUT2D eigenvalue weighted by Gasteiger charge is -2.17. The first-order chi connectivity index (χ1) is 8.61. The summed E-state index contributed by atoms with van der Waals surface area (Å²) in [6.45, 7) is 0.0653. The van der Waals surface area contributed by atoms with Gasteiger partial charge in [0.25, 0.3) is 0 Å². The minimum absolute atomic E-state index is 0.0544. The second-order valence-electron chi connectivity index (χ2n) is 4.40. The summed E-state index contributed by atoms with van der Waals surface area (Å²) in [6.07, 6.45) is 2.10. The molecule has 1 aromatic rings. The number of carbonyl (C=O) groups is 1. The first-order valence-corrected chi connectivity index (χ1v) is 5.81. The Kier molecular flexibility index (Phi) is 3.47. The molecular weight excluding hydrogens is 233 g/mol. The van der Waals surface area contributed by atoms with Crippen molar-refractivity contribution in [3.8, 4) is 6.07 Å². The molecule has 1 aliphatic carbocycles. The van der Waals surface area contributed by atoms with Gasteiger partial charge in [0.15, 0.2) is 0 Å². The zero-order chi connectivity index (χ0) is 13.1. The summed E-state index contributed by atoms with van der Waals surface area (Å²) in [5.41, 5.74) is 0.506. The van der Waals surface area contributed by atoms with Gasteiger partial charge in [-0.2, -0.15) is 5.26 Å². The molecule has 0 spiro atoms. The van der Waals surface area contributed by atoms with Crippen LogP contribution < -0.4 is 5.32 Å². The van der Waals surface area contributed by atoms with Gasteiger partial charge in [0.05, 0.1) is 23.9 Å². The third kappa shape index (κ3) is 2.77. The number of nitriles is 1. The zero-order valence-corrected chi connectivity index (χ0v) is 10.1. The number of halogens is 1. The van der Waals surface area contributed by atoms with E-state index >= 15 is 0 Å². The highest BCUT2D eigenvalue weighted by Gasteiger charge is 2.29. The van der Waals surface area contributed by atoms with Crippen molar-refractivity contribution < 1.29 is 9.18 Å².